The molecule has 1 unspecified atom stereocenters. The van der Waals surface area contributed by atoms with Crippen molar-refractivity contribution < 1.29 is 9.90 Å². The molecule has 1 N–H and O–H groups in total. The normalized spacial score (nSPS) is 27.5. The lowest BCUT2D eigenvalue weighted by Crippen LogP contribution is -2.15. The number of allylic oxidation sites excluding steroid dienone is 2. The second kappa shape index (κ2) is 3.52. The lowest BCUT2D eigenvalue weighted by Gasteiger charge is -2.27. The first kappa shape index (κ1) is 8.79. The molecule has 72 valence electrons. The number of carbonyl (C=O) groups is 1. The van der Waals surface area contributed by atoms with Crippen LogP contribution in [0.2, 0.25) is 0 Å². The first-order chi connectivity index (χ1) is 6.27. The first-order valence-electron chi connectivity index (χ1n) is 5.20. The molecule has 0 aromatic heterocycles. The molecular weight excluding hydrogens is 164 g/mol. The highest BCUT2D eigenvalue weighted by molar-refractivity contribution is 5.67. The van der Waals surface area contributed by atoms with Gasteiger partial charge >= 0.3 is 5.97 Å². The van der Waals surface area contributed by atoms with Crippen LogP contribution in [0.4, 0.5) is 0 Å². The van der Waals surface area contributed by atoms with Gasteiger partial charge in [-0.15, -0.1) is 0 Å². The van der Waals surface area contributed by atoms with Gasteiger partial charge in [0.2, 0.25) is 0 Å². The van der Waals surface area contributed by atoms with Crippen molar-refractivity contribution in [2.45, 2.75) is 44.9 Å². The number of carboxylic acids is 1. The van der Waals surface area contributed by atoms with Gasteiger partial charge in [0.25, 0.3) is 0 Å². The Balaban J connectivity index is 2.07. The summed E-state index contributed by atoms with van der Waals surface area (Å²) in [5.74, 6) is -0.255. The zero-order chi connectivity index (χ0) is 9.26. The van der Waals surface area contributed by atoms with E-state index < -0.39 is 5.97 Å². The van der Waals surface area contributed by atoms with E-state index in [1.165, 1.54) is 37.7 Å². The van der Waals surface area contributed by atoms with Gasteiger partial charge in [-0.05, 0) is 38.0 Å². The molecule has 2 rings (SSSR count). The van der Waals surface area contributed by atoms with Crippen LogP contribution < -0.4 is 0 Å². The Bertz CT molecular complexity index is 253. The Hall–Kier alpha value is -0.790. The molecule has 0 spiro atoms. The zero-order valence-electron chi connectivity index (χ0n) is 7.88. The van der Waals surface area contributed by atoms with Crippen LogP contribution in [0, 0.1) is 5.92 Å². The van der Waals surface area contributed by atoms with Crippen molar-refractivity contribution in [2.24, 2.45) is 5.92 Å². The Morgan fingerprint density at radius 2 is 2.15 bits per heavy atom. The van der Waals surface area contributed by atoms with Gasteiger partial charge in [0.05, 0.1) is 6.42 Å². The van der Waals surface area contributed by atoms with Crippen LogP contribution in [0.1, 0.15) is 44.9 Å². The zero-order valence-corrected chi connectivity index (χ0v) is 7.88. The van der Waals surface area contributed by atoms with Gasteiger partial charge < -0.3 is 5.11 Å². The quantitative estimate of drug-likeness (QED) is 0.663. The third kappa shape index (κ3) is 1.77. The molecule has 0 bridgehead atoms. The summed E-state index contributed by atoms with van der Waals surface area (Å²) in [7, 11) is 0. The molecule has 2 aliphatic rings. The molecule has 13 heavy (non-hydrogen) atoms. The highest BCUT2D eigenvalue weighted by Crippen LogP contribution is 2.42. The second-order valence-electron chi connectivity index (χ2n) is 4.17. The van der Waals surface area contributed by atoms with Crippen molar-refractivity contribution in [3.63, 3.8) is 0 Å². The van der Waals surface area contributed by atoms with Crippen LogP contribution in [0.25, 0.3) is 0 Å². The van der Waals surface area contributed by atoms with Crippen molar-refractivity contribution in [2.75, 3.05) is 0 Å². The van der Waals surface area contributed by atoms with Crippen molar-refractivity contribution >= 4 is 5.97 Å². The van der Waals surface area contributed by atoms with Crippen molar-refractivity contribution in [1.82, 2.24) is 0 Å². The summed E-state index contributed by atoms with van der Waals surface area (Å²) in [5.41, 5.74) is 3.09. The Labute approximate surface area is 78.6 Å². The fraction of sp³-hybridized carbons (Fsp3) is 0.727. The molecule has 0 aromatic rings. The monoisotopic (exact) mass is 180 g/mol. The summed E-state index contributed by atoms with van der Waals surface area (Å²) in [6, 6.07) is 0. The van der Waals surface area contributed by atoms with E-state index >= 15 is 0 Å². The third-order valence-electron chi connectivity index (χ3n) is 3.35. The molecule has 1 atom stereocenters. The third-order valence-corrected chi connectivity index (χ3v) is 3.35. The van der Waals surface area contributed by atoms with Gasteiger partial charge in [0.15, 0.2) is 0 Å². The van der Waals surface area contributed by atoms with Crippen LogP contribution in [0.15, 0.2) is 11.1 Å². The Morgan fingerprint density at radius 3 is 2.77 bits per heavy atom. The number of rotatable bonds is 2. The highest BCUT2D eigenvalue weighted by Gasteiger charge is 2.28. The Kier molecular flexibility index (Phi) is 2.38. The number of carboxylic acid groups (broad SMARTS) is 1. The summed E-state index contributed by atoms with van der Waals surface area (Å²) in [6.45, 7) is 0. The van der Waals surface area contributed by atoms with Crippen LogP contribution in [-0.4, -0.2) is 11.1 Å². The van der Waals surface area contributed by atoms with Gasteiger partial charge in [-0.2, -0.15) is 0 Å². The van der Waals surface area contributed by atoms with Crippen molar-refractivity contribution in [3.05, 3.63) is 11.1 Å². The summed E-state index contributed by atoms with van der Waals surface area (Å²) in [4.78, 5) is 10.6. The number of aliphatic carboxylic acids is 1. The van der Waals surface area contributed by atoms with Crippen LogP contribution in [-0.2, 0) is 4.79 Å². The summed E-state index contributed by atoms with van der Waals surface area (Å²) < 4.78 is 0. The minimum absolute atomic E-state index is 0.360. The summed E-state index contributed by atoms with van der Waals surface area (Å²) in [5, 5.41) is 8.76. The van der Waals surface area contributed by atoms with E-state index in [-0.39, 0.29) is 0 Å². The molecule has 0 heterocycles. The molecule has 0 saturated carbocycles. The fourth-order valence-corrected chi connectivity index (χ4v) is 2.56. The standard InChI is InChI=1S/C11H16O2/c12-11(13)7-9-4-2-1-3-8-5-6-10(8)9/h9H,1-7H2,(H,12,13). The lowest BCUT2D eigenvalue weighted by molar-refractivity contribution is -0.137. The molecule has 0 saturated heterocycles. The maximum atomic E-state index is 10.6. The van der Waals surface area contributed by atoms with Crippen LogP contribution >= 0.6 is 0 Å². The van der Waals surface area contributed by atoms with Gasteiger partial charge in [0.1, 0.15) is 0 Å². The van der Waals surface area contributed by atoms with Gasteiger partial charge in [-0.3, -0.25) is 4.79 Å². The molecular formula is C11H16O2. The lowest BCUT2D eigenvalue weighted by atomic mass is 9.78. The maximum absolute atomic E-state index is 10.6. The van der Waals surface area contributed by atoms with E-state index in [1.54, 1.807) is 5.57 Å². The maximum Gasteiger partial charge on any atom is 0.303 e. The molecule has 0 radical (unpaired) electrons. The van der Waals surface area contributed by atoms with Gasteiger partial charge in [-0.25, -0.2) is 0 Å². The first-order valence-corrected chi connectivity index (χ1v) is 5.20. The minimum atomic E-state index is -0.634. The minimum Gasteiger partial charge on any atom is -0.481 e. The second-order valence-corrected chi connectivity index (χ2v) is 4.17. The van der Waals surface area contributed by atoms with E-state index in [1.807, 2.05) is 0 Å². The number of hydrogen-bond donors (Lipinski definition) is 1. The van der Waals surface area contributed by atoms with E-state index in [4.69, 9.17) is 5.11 Å². The number of hydrogen-bond acceptors (Lipinski definition) is 1. The summed E-state index contributed by atoms with van der Waals surface area (Å²) >= 11 is 0. The van der Waals surface area contributed by atoms with E-state index in [0.29, 0.717) is 12.3 Å². The molecule has 0 amide bonds. The molecule has 0 aliphatic heterocycles. The highest BCUT2D eigenvalue weighted by atomic mass is 16.4. The van der Waals surface area contributed by atoms with Crippen LogP contribution in [0.3, 0.4) is 0 Å². The SMILES string of the molecule is O=C(O)CC1CCCCC2=C1CC2. The van der Waals surface area contributed by atoms with Gasteiger partial charge in [-0.1, -0.05) is 17.6 Å². The van der Waals surface area contributed by atoms with Crippen molar-refractivity contribution in [1.29, 1.82) is 0 Å². The van der Waals surface area contributed by atoms with Crippen LogP contribution in [0.5, 0.6) is 0 Å². The molecule has 2 aliphatic carbocycles. The molecule has 0 fully saturated rings. The molecule has 2 heteroatoms. The fourth-order valence-electron chi connectivity index (χ4n) is 2.56. The van der Waals surface area contributed by atoms with E-state index in [9.17, 15) is 4.79 Å². The van der Waals surface area contributed by atoms with E-state index in [2.05, 4.69) is 0 Å². The largest absolute Gasteiger partial charge is 0.481 e. The summed E-state index contributed by atoms with van der Waals surface area (Å²) in [6.07, 6.45) is 7.61. The Morgan fingerprint density at radius 1 is 1.31 bits per heavy atom. The van der Waals surface area contributed by atoms with Gasteiger partial charge in [0, 0.05) is 0 Å². The average Bonchev–Trinajstić information content (AvgIpc) is 2.10. The van der Waals surface area contributed by atoms with E-state index in [0.717, 1.165) is 6.42 Å². The predicted molar refractivity (Wildman–Crippen MR) is 50.5 cm³/mol. The average molecular weight is 180 g/mol. The smallest absolute Gasteiger partial charge is 0.303 e. The topological polar surface area (TPSA) is 37.3 Å². The molecule has 0 aromatic carbocycles. The molecule has 2 nitrogen and oxygen atoms in total. The predicted octanol–water partition coefficient (Wildman–Crippen LogP) is 2.74. The van der Waals surface area contributed by atoms with Crippen molar-refractivity contribution in [3.8, 4) is 0 Å².